The minimum atomic E-state index is -0.193. The van der Waals surface area contributed by atoms with Crippen LogP contribution in [-0.2, 0) is 4.79 Å². The second-order valence-corrected chi connectivity index (χ2v) is 3.05. The first-order valence-electron chi connectivity index (χ1n) is 4.83. The molecule has 0 saturated heterocycles. The van der Waals surface area contributed by atoms with Crippen LogP contribution in [0.25, 0.3) is 6.08 Å². The van der Waals surface area contributed by atoms with E-state index in [0.717, 1.165) is 11.3 Å². The highest BCUT2D eigenvalue weighted by Gasteiger charge is 1.94. The van der Waals surface area contributed by atoms with E-state index in [-0.39, 0.29) is 5.91 Å². The summed E-state index contributed by atoms with van der Waals surface area (Å²) in [7, 11) is 1.62. The van der Waals surface area contributed by atoms with Crippen molar-refractivity contribution in [3.63, 3.8) is 0 Å². The van der Waals surface area contributed by atoms with Crippen LogP contribution in [0.4, 0.5) is 0 Å². The molecule has 0 radical (unpaired) electrons. The lowest BCUT2D eigenvalue weighted by Gasteiger charge is -2.02. The normalized spacial score (nSPS) is 10.9. The first kappa shape index (κ1) is 12.0. The zero-order valence-electron chi connectivity index (χ0n) is 9.31. The molecule has 1 aromatic carbocycles. The fraction of sp³-hybridized carbons (Fsp3) is 0.167. The fourth-order valence-electron chi connectivity index (χ4n) is 1.12. The van der Waals surface area contributed by atoms with E-state index in [1.165, 1.54) is 13.1 Å². The van der Waals surface area contributed by atoms with Crippen LogP contribution in [0.15, 0.2) is 35.4 Å². The highest BCUT2D eigenvalue weighted by atomic mass is 16.5. The lowest BCUT2D eigenvalue weighted by Crippen LogP contribution is -2.11. The van der Waals surface area contributed by atoms with Gasteiger partial charge in [0.25, 0.3) is 0 Å². The van der Waals surface area contributed by atoms with E-state index >= 15 is 0 Å². The minimum absolute atomic E-state index is 0.193. The predicted molar refractivity (Wildman–Crippen MR) is 64.3 cm³/mol. The van der Waals surface area contributed by atoms with E-state index in [4.69, 9.17) is 4.74 Å². The van der Waals surface area contributed by atoms with Crippen LogP contribution in [0.2, 0.25) is 0 Å². The summed E-state index contributed by atoms with van der Waals surface area (Å²) in [6.45, 7) is 1.40. The summed E-state index contributed by atoms with van der Waals surface area (Å²) in [6.07, 6.45) is 5.09. The number of hydrazone groups is 1. The van der Waals surface area contributed by atoms with Crippen molar-refractivity contribution in [1.29, 1.82) is 0 Å². The Kier molecular flexibility index (Phi) is 4.79. The maximum Gasteiger partial charge on any atom is 0.236 e. The van der Waals surface area contributed by atoms with Gasteiger partial charge in [-0.3, -0.25) is 4.79 Å². The van der Waals surface area contributed by atoms with Gasteiger partial charge in [0.05, 0.1) is 7.11 Å². The first-order valence-corrected chi connectivity index (χ1v) is 4.83. The molecule has 0 aliphatic heterocycles. The Balaban J connectivity index is 2.62. The largest absolute Gasteiger partial charge is 0.496 e. The summed E-state index contributed by atoms with van der Waals surface area (Å²) < 4.78 is 5.18. The number of amides is 1. The SMILES string of the molecule is COc1ccccc1/C=C/C=NNC(C)=O. The lowest BCUT2D eigenvalue weighted by atomic mass is 10.2. The third-order valence-corrected chi connectivity index (χ3v) is 1.80. The Bertz CT molecular complexity index is 411. The number of benzene rings is 1. The summed E-state index contributed by atoms with van der Waals surface area (Å²) >= 11 is 0. The number of nitrogens with one attached hydrogen (secondary N) is 1. The number of hydrogen-bond acceptors (Lipinski definition) is 3. The molecule has 4 heteroatoms. The van der Waals surface area contributed by atoms with Gasteiger partial charge >= 0.3 is 0 Å². The molecule has 0 saturated carbocycles. The number of carbonyl (C=O) groups is 1. The summed E-state index contributed by atoms with van der Waals surface area (Å²) in [5.74, 6) is 0.605. The average molecular weight is 218 g/mol. The highest BCUT2D eigenvalue weighted by Crippen LogP contribution is 2.18. The number of nitrogens with zero attached hydrogens (tertiary/aromatic N) is 1. The van der Waals surface area contributed by atoms with E-state index < -0.39 is 0 Å². The van der Waals surface area contributed by atoms with Crippen LogP contribution in [0.1, 0.15) is 12.5 Å². The van der Waals surface area contributed by atoms with Crippen molar-refractivity contribution in [3.05, 3.63) is 35.9 Å². The zero-order valence-corrected chi connectivity index (χ0v) is 9.31. The van der Waals surface area contributed by atoms with Crippen molar-refractivity contribution < 1.29 is 9.53 Å². The van der Waals surface area contributed by atoms with Crippen LogP contribution in [0, 0.1) is 0 Å². The summed E-state index contributed by atoms with van der Waals surface area (Å²) in [5.41, 5.74) is 3.27. The number of allylic oxidation sites excluding steroid dienone is 1. The Hall–Kier alpha value is -2.10. The zero-order chi connectivity index (χ0) is 11.8. The third kappa shape index (κ3) is 3.96. The van der Waals surface area contributed by atoms with E-state index in [1.807, 2.05) is 30.3 Å². The maximum absolute atomic E-state index is 10.5. The van der Waals surface area contributed by atoms with Crippen LogP contribution in [0.3, 0.4) is 0 Å². The van der Waals surface area contributed by atoms with Crippen LogP contribution in [-0.4, -0.2) is 19.2 Å². The average Bonchev–Trinajstić information content (AvgIpc) is 2.29. The monoisotopic (exact) mass is 218 g/mol. The molecule has 16 heavy (non-hydrogen) atoms. The van der Waals surface area contributed by atoms with E-state index in [9.17, 15) is 4.79 Å². The predicted octanol–water partition coefficient (Wildman–Crippen LogP) is 1.83. The highest BCUT2D eigenvalue weighted by molar-refractivity contribution is 5.81. The summed E-state index contributed by atoms with van der Waals surface area (Å²) in [6, 6.07) is 7.64. The minimum Gasteiger partial charge on any atom is -0.496 e. The van der Waals surface area contributed by atoms with Crippen molar-refractivity contribution in [2.75, 3.05) is 7.11 Å². The van der Waals surface area contributed by atoms with Crippen molar-refractivity contribution in [2.45, 2.75) is 6.92 Å². The molecule has 1 amide bonds. The van der Waals surface area contributed by atoms with Crippen LogP contribution < -0.4 is 10.2 Å². The molecule has 0 aromatic heterocycles. The molecule has 0 heterocycles. The van der Waals surface area contributed by atoms with E-state index in [1.54, 1.807) is 13.2 Å². The number of ether oxygens (including phenoxy) is 1. The topological polar surface area (TPSA) is 50.7 Å². The van der Waals surface area contributed by atoms with Gasteiger partial charge in [-0.2, -0.15) is 5.10 Å². The van der Waals surface area contributed by atoms with E-state index in [2.05, 4.69) is 10.5 Å². The molecule has 4 nitrogen and oxygen atoms in total. The molecule has 0 fully saturated rings. The van der Waals surface area contributed by atoms with Crippen molar-refractivity contribution in [2.24, 2.45) is 5.10 Å². The van der Waals surface area contributed by atoms with Crippen molar-refractivity contribution in [1.82, 2.24) is 5.43 Å². The smallest absolute Gasteiger partial charge is 0.236 e. The number of rotatable bonds is 4. The number of methoxy groups -OCH3 is 1. The van der Waals surface area contributed by atoms with Gasteiger partial charge in [0.15, 0.2) is 0 Å². The first-order chi connectivity index (χ1) is 7.74. The van der Waals surface area contributed by atoms with Gasteiger partial charge in [0.2, 0.25) is 5.91 Å². The Morgan fingerprint density at radius 3 is 2.88 bits per heavy atom. The van der Waals surface area contributed by atoms with Gasteiger partial charge in [0, 0.05) is 18.7 Å². The summed E-state index contributed by atoms with van der Waals surface area (Å²) in [4.78, 5) is 10.5. The number of para-hydroxylation sites is 1. The molecule has 0 aliphatic rings. The van der Waals surface area contributed by atoms with Gasteiger partial charge < -0.3 is 4.74 Å². The standard InChI is InChI=1S/C12H14N2O2/c1-10(15)14-13-9-5-7-11-6-3-4-8-12(11)16-2/h3-9H,1-2H3,(H,14,15)/b7-5+,13-9?. The maximum atomic E-state index is 10.5. The molecule has 1 aromatic rings. The van der Waals surface area contributed by atoms with Crippen molar-refractivity contribution >= 4 is 18.2 Å². The quantitative estimate of drug-likeness (QED) is 0.619. The molecule has 1 N–H and O–H groups in total. The summed E-state index contributed by atoms with van der Waals surface area (Å²) in [5, 5.41) is 3.69. The fourth-order valence-corrected chi connectivity index (χ4v) is 1.12. The molecule has 84 valence electrons. The molecule has 0 unspecified atom stereocenters. The third-order valence-electron chi connectivity index (χ3n) is 1.80. The molecular weight excluding hydrogens is 204 g/mol. The molecule has 0 aliphatic carbocycles. The number of hydrogen-bond donors (Lipinski definition) is 1. The number of carbonyl (C=O) groups excluding carboxylic acids is 1. The van der Waals surface area contributed by atoms with Crippen molar-refractivity contribution in [3.8, 4) is 5.75 Å². The Morgan fingerprint density at radius 1 is 1.44 bits per heavy atom. The Labute approximate surface area is 94.6 Å². The molecule has 0 spiro atoms. The molecule has 0 bridgehead atoms. The molecule has 0 atom stereocenters. The molecular formula is C12H14N2O2. The van der Waals surface area contributed by atoms with Gasteiger partial charge in [-0.05, 0) is 18.2 Å². The second kappa shape index (κ2) is 6.40. The van der Waals surface area contributed by atoms with Crippen LogP contribution >= 0.6 is 0 Å². The van der Waals surface area contributed by atoms with Gasteiger partial charge in [-0.1, -0.05) is 18.2 Å². The van der Waals surface area contributed by atoms with Gasteiger partial charge in [-0.15, -0.1) is 0 Å². The Morgan fingerprint density at radius 2 is 2.19 bits per heavy atom. The van der Waals surface area contributed by atoms with Gasteiger partial charge in [0.1, 0.15) is 5.75 Å². The second-order valence-electron chi connectivity index (χ2n) is 3.05. The van der Waals surface area contributed by atoms with Gasteiger partial charge in [-0.25, -0.2) is 5.43 Å². The molecule has 1 rings (SSSR count). The van der Waals surface area contributed by atoms with Crippen LogP contribution in [0.5, 0.6) is 5.75 Å². The van der Waals surface area contributed by atoms with E-state index in [0.29, 0.717) is 0 Å². The lowest BCUT2D eigenvalue weighted by molar-refractivity contribution is -0.118.